The Morgan fingerprint density at radius 2 is 1.88 bits per heavy atom. The summed E-state index contributed by atoms with van der Waals surface area (Å²) in [7, 11) is 3.21. The zero-order valence-corrected chi connectivity index (χ0v) is 15.9. The average Bonchev–Trinajstić information content (AvgIpc) is 3.29. The lowest BCUT2D eigenvalue weighted by Gasteiger charge is -2.05. The highest BCUT2D eigenvalue weighted by molar-refractivity contribution is 7.98. The van der Waals surface area contributed by atoms with Gasteiger partial charge in [-0.25, -0.2) is 4.98 Å². The van der Waals surface area contributed by atoms with E-state index in [-0.39, 0.29) is 0 Å². The lowest BCUT2D eigenvalue weighted by atomic mass is 10.2. The van der Waals surface area contributed by atoms with Gasteiger partial charge in [-0.2, -0.15) is 0 Å². The van der Waals surface area contributed by atoms with E-state index in [1.54, 1.807) is 31.6 Å². The molecule has 25 heavy (non-hydrogen) atoms. The molecule has 0 radical (unpaired) electrons. The summed E-state index contributed by atoms with van der Waals surface area (Å²) < 4.78 is 16.3. The van der Waals surface area contributed by atoms with Gasteiger partial charge in [0.05, 0.1) is 24.9 Å². The Morgan fingerprint density at radius 3 is 2.56 bits per heavy atom. The van der Waals surface area contributed by atoms with Gasteiger partial charge in [0.25, 0.3) is 5.22 Å². The highest BCUT2D eigenvalue weighted by atomic mass is 32.2. The lowest BCUT2D eigenvalue weighted by Crippen LogP contribution is -1.88. The molecule has 0 unspecified atom stereocenters. The number of aromatic nitrogens is 3. The zero-order valence-electron chi connectivity index (χ0n) is 14.3. The van der Waals surface area contributed by atoms with Crippen molar-refractivity contribution in [3.05, 3.63) is 34.3 Å². The van der Waals surface area contributed by atoms with Gasteiger partial charge in [0.1, 0.15) is 11.5 Å². The van der Waals surface area contributed by atoms with Crippen LogP contribution in [0.5, 0.6) is 11.5 Å². The van der Waals surface area contributed by atoms with Crippen molar-refractivity contribution in [2.75, 3.05) is 14.2 Å². The predicted molar refractivity (Wildman–Crippen MR) is 98.5 cm³/mol. The van der Waals surface area contributed by atoms with Gasteiger partial charge in [-0.1, -0.05) is 18.7 Å². The van der Waals surface area contributed by atoms with Crippen molar-refractivity contribution < 1.29 is 13.9 Å². The highest BCUT2D eigenvalue weighted by Gasteiger charge is 2.13. The van der Waals surface area contributed by atoms with Crippen LogP contribution in [0.25, 0.3) is 11.5 Å². The van der Waals surface area contributed by atoms with E-state index in [1.807, 2.05) is 12.1 Å². The molecular weight excluding hydrogens is 358 g/mol. The zero-order chi connectivity index (χ0) is 17.6. The van der Waals surface area contributed by atoms with Crippen LogP contribution in [0.3, 0.4) is 0 Å². The molecule has 0 spiro atoms. The summed E-state index contributed by atoms with van der Waals surface area (Å²) in [5.74, 6) is 2.49. The van der Waals surface area contributed by atoms with Gasteiger partial charge < -0.3 is 13.9 Å². The van der Waals surface area contributed by atoms with E-state index in [4.69, 9.17) is 13.9 Å². The molecule has 132 valence electrons. The van der Waals surface area contributed by atoms with Crippen molar-refractivity contribution >= 4 is 23.1 Å². The first kappa shape index (κ1) is 17.8. The summed E-state index contributed by atoms with van der Waals surface area (Å²) in [5.41, 5.74) is 1.80. The van der Waals surface area contributed by atoms with Crippen LogP contribution >= 0.6 is 23.1 Å². The average molecular weight is 377 g/mol. The van der Waals surface area contributed by atoms with Gasteiger partial charge in [-0.15, -0.1) is 21.5 Å². The number of aryl methyl sites for hydroxylation is 1. The minimum absolute atomic E-state index is 0.435. The molecule has 0 saturated carbocycles. The summed E-state index contributed by atoms with van der Waals surface area (Å²) in [5, 5.41) is 12.0. The molecule has 0 aliphatic rings. The van der Waals surface area contributed by atoms with E-state index in [0.29, 0.717) is 28.4 Å². The number of hydrogen-bond acceptors (Lipinski definition) is 8. The number of thiazole rings is 1. The molecule has 0 aliphatic carbocycles. The number of rotatable bonds is 8. The molecule has 2 aromatic heterocycles. The number of methoxy groups -OCH3 is 2. The van der Waals surface area contributed by atoms with Crippen molar-refractivity contribution in [1.29, 1.82) is 0 Å². The molecule has 0 aliphatic heterocycles. The van der Waals surface area contributed by atoms with E-state index in [9.17, 15) is 0 Å². The second-order valence-corrected chi connectivity index (χ2v) is 7.11. The predicted octanol–water partition coefficient (Wildman–Crippen LogP) is 4.46. The summed E-state index contributed by atoms with van der Waals surface area (Å²) in [6, 6.07) is 5.47. The highest BCUT2D eigenvalue weighted by Crippen LogP contribution is 2.31. The van der Waals surface area contributed by atoms with E-state index in [2.05, 4.69) is 27.5 Å². The fraction of sp³-hybridized carbons (Fsp3) is 0.353. The molecule has 6 nitrogen and oxygen atoms in total. The number of thioether (sulfide) groups is 1. The Kier molecular flexibility index (Phi) is 5.93. The topological polar surface area (TPSA) is 70.3 Å². The maximum absolute atomic E-state index is 5.75. The molecule has 3 aromatic rings. The number of nitrogens with zero attached hydrogens (tertiary/aromatic N) is 3. The van der Waals surface area contributed by atoms with Crippen LogP contribution in [0.1, 0.15) is 24.0 Å². The molecule has 3 rings (SSSR count). The van der Waals surface area contributed by atoms with Crippen LogP contribution in [0, 0.1) is 0 Å². The lowest BCUT2D eigenvalue weighted by molar-refractivity contribution is 0.394. The number of ether oxygens (including phenoxy) is 2. The largest absolute Gasteiger partial charge is 0.497 e. The molecule has 0 amide bonds. The molecular formula is C17H19N3O3S2. The van der Waals surface area contributed by atoms with E-state index < -0.39 is 0 Å². The molecule has 2 heterocycles. The third-order valence-corrected chi connectivity index (χ3v) is 5.22. The second-order valence-electron chi connectivity index (χ2n) is 5.25. The first-order valence-corrected chi connectivity index (χ1v) is 9.71. The third kappa shape index (κ3) is 4.52. The van der Waals surface area contributed by atoms with Crippen molar-refractivity contribution in [1.82, 2.24) is 15.2 Å². The maximum Gasteiger partial charge on any atom is 0.277 e. The second kappa shape index (κ2) is 8.35. The molecule has 1 aromatic carbocycles. The fourth-order valence-corrected chi connectivity index (χ4v) is 3.86. The Hall–Kier alpha value is -2.06. The smallest absolute Gasteiger partial charge is 0.277 e. The SMILES string of the molecule is CCCc1nc(CSc2nnc(-c3cc(OC)cc(OC)c3)o2)cs1. The van der Waals surface area contributed by atoms with Crippen molar-refractivity contribution in [2.45, 2.75) is 30.7 Å². The molecule has 8 heteroatoms. The van der Waals surface area contributed by atoms with Crippen LogP contribution in [-0.2, 0) is 12.2 Å². The Morgan fingerprint density at radius 1 is 1.12 bits per heavy atom. The van der Waals surface area contributed by atoms with E-state index in [1.165, 1.54) is 16.8 Å². The van der Waals surface area contributed by atoms with Gasteiger partial charge in [0, 0.05) is 22.8 Å². The first-order valence-electron chi connectivity index (χ1n) is 7.84. The van der Waals surface area contributed by atoms with E-state index >= 15 is 0 Å². The van der Waals surface area contributed by atoms with Crippen molar-refractivity contribution in [2.24, 2.45) is 0 Å². The van der Waals surface area contributed by atoms with Crippen LogP contribution in [0.4, 0.5) is 0 Å². The summed E-state index contributed by atoms with van der Waals surface area (Å²) in [4.78, 5) is 4.60. The standard InChI is InChI=1S/C17H19N3O3S2/c1-4-5-15-18-12(9-24-15)10-25-17-20-19-16(23-17)11-6-13(21-2)8-14(7-11)22-3/h6-9H,4-5,10H2,1-3H3. The minimum Gasteiger partial charge on any atom is -0.497 e. The molecule has 0 bridgehead atoms. The Bertz CT molecular complexity index is 810. The number of benzene rings is 1. The van der Waals surface area contributed by atoms with E-state index in [0.717, 1.165) is 24.1 Å². The molecule has 0 fully saturated rings. The van der Waals surface area contributed by atoms with Crippen LogP contribution in [0.2, 0.25) is 0 Å². The summed E-state index contributed by atoms with van der Waals surface area (Å²) in [6.07, 6.45) is 2.13. The maximum atomic E-state index is 5.75. The van der Waals surface area contributed by atoms with Crippen LogP contribution in [-0.4, -0.2) is 29.4 Å². The van der Waals surface area contributed by atoms with Gasteiger partial charge in [0.2, 0.25) is 5.89 Å². The quantitative estimate of drug-likeness (QED) is 0.537. The monoisotopic (exact) mass is 377 g/mol. The normalized spacial score (nSPS) is 10.8. The third-order valence-electron chi connectivity index (χ3n) is 3.41. The summed E-state index contributed by atoms with van der Waals surface area (Å²) in [6.45, 7) is 2.16. The number of hydrogen-bond donors (Lipinski definition) is 0. The molecule has 0 atom stereocenters. The van der Waals surface area contributed by atoms with Crippen molar-refractivity contribution in [3.8, 4) is 23.0 Å². The summed E-state index contributed by atoms with van der Waals surface area (Å²) >= 11 is 3.18. The van der Waals surface area contributed by atoms with Gasteiger partial charge >= 0.3 is 0 Å². The van der Waals surface area contributed by atoms with Crippen LogP contribution < -0.4 is 9.47 Å². The molecule has 0 N–H and O–H groups in total. The Labute approximate surface area is 154 Å². The fourth-order valence-electron chi connectivity index (χ4n) is 2.20. The van der Waals surface area contributed by atoms with Gasteiger partial charge in [0.15, 0.2) is 0 Å². The van der Waals surface area contributed by atoms with Gasteiger partial charge in [-0.05, 0) is 25.0 Å². The molecule has 0 saturated heterocycles. The minimum atomic E-state index is 0.435. The van der Waals surface area contributed by atoms with Crippen molar-refractivity contribution in [3.63, 3.8) is 0 Å². The first-order chi connectivity index (χ1) is 12.2. The van der Waals surface area contributed by atoms with Crippen LogP contribution in [0.15, 0.2) is 33.2 Å². The van der Waals surface area contributed by atoms with Gasteiger partial charge in [-0.3, -0.25) is 0 Å². The Balaban J connectivity index is 1.69.